The van der Waals surface area contributed by atoms with Crippen molar-refractivity contribution < 1.29 is 33.5 Å². The molecule has 12 nitrogen and oxygen atoms in total. The Morgan fingerprint density at radius 2 is 1.66 bits per heavy atom. The van der Waals surface area contributed by atoms with E-state index in [0.717, 1.165) is 0 Å². The Morgan fingerprint density at radius 1 is 1.00 bits per heavy atom. The van der Waals surface area contributed by atoms with Gasteiger partial charge in [0, 0.05) is 33.6 Å². The number of esters is 1. The fourth-order valence-corrected chi connectivity index (χ4v) is 5.25. The Balaban J connectivity index is 2.53. The van der Waals surface area contributed by atoms with Crippen LogP contribution in [-0.4, -0.2) is 108 Å². The fourth-order valence-electron chi connectivity index (χ4n) is 5.25. The number of fused-ring (bicyclic) bond motifs is 1. The number of nitrogens with one attached hydrogen (secondary N) is 2. The van der Waals surface area contributed by atoms with Crippen LogP contribution in [0.5, 0.6) is 0 Å². The van der Waals surface area contributed by atoms with Crippen LogP contribution in [0.3, 0.4) is 0 Å². The molecule has 0 bridgehead atoms. The molecule has 0 aromatic carbocycles. The number of ether oxygens (including phenoxy) is 1. The van der Waals surface area contributed by atoms with Gasteiger partial charge in [0.05, 0.1) is 6.42 Å². The van der Waals surface area contributed by atoms with Gasteiger partial charge < -0.3 is 30.1 Å². The van der Waals surface area contributed by atoms with Crippen molar-refractivity contribution in [3.63, 3.8) is 0 Å². The molecule has 41 heavy (non-hydrogen) atoms. The van der Waals surface area contributed by atoms with Crippen LogP contribution < -0.4 is 10.6 Å². The number of amides is 5. The first kappa shape index (κ1) is 33.8. The predicted octanol–water partition coefficient (Wildman–Crippen LogP) is 0.846. The van der Waals surface area contributed by atoms with Crippen LogP contribution in [0.25, 0.3) is 0 Å². The molecule has 6 atom stereocenters. The van der Waals surface area contributed by atoms with Gasteiger partial charge in [-0.2, -0.15) is 0 Å². The number of nitrogens with zero attached hydrogens (tertiary/aromatic N) is 3. The maximum atomic E-state index is 13.9. The molecule has 0 radical (unpaired) electrons. The molecule has 2 unspecified atom stereocenters. The molecule has 2 aliphatic heterocycles. The van der Waals surface area contributed by atoms with Gasteiger partial charge in [0.1, 0.15) is 24.2 Å². The zero-order valence-electron chi connectivity index (χ0n) is 25.5. The fraction of sp³-hybridized carbons (Fsp3) is 0.724. The average Bonchev–Trinajstić information content (AvgIpc) is 3.43. The van der Waals surface area contributed by atoms with E-state index < -0.39 is 65.8 Å². The van der Waals surface area contributed by atoms with Gasteiger partial charge >= 0.3 is 5.97 Å². The van der Waals surface area contributed by atoms with Crippen LogP contribution in [0, 0.1) is 11.8 Å². The van der Waals surface area contributed by atoms with Crippen molar-refractivity contribution in [3.8, 4) is 0 Å². The molecule has 12 heteroatoms. The maximum absolute atomic E-state index is 13.9. The number of hydrogen-bond donors (Lipinski definition) is 2. The molecule has 0 aliphatic carbocycles. The van der Waals surface area contributed by atoms with Crippen molar-refractivity contribution in [2.24, 2.45) is 11.8 Å². The van der Waals surface area contributed by atoms with Crippen LogP contribution in [0.15, 0.2) is 12.7 Å². The third kappa shape index (κ3) is 8.07. The number of carbonyl (C=O) groups excluding carboxylic acids is 6. The second-order valence-electron chi connectivity index (χ2n) is 11.4. The lowest BCUT2D eigenvalue weighted by molar-refractivity contribution is -0.161. The van der Waals surface area contributed by atoms with E-state index in [0.29, 0.717) is 25.8 Å². The molecular formula is C29H47N5O7. The SMILES string of the molecule is C=CCC1OC(=O)CCNC(=O)[C@H](C)N(C)C(=O)[C@H](C(C)C)N(C)C(=O)[C@H](C(C)CC)NC(=O)[C@@H]2CCCN2C1=O. The van der Waals surface area contributed by atoms with Gasteiger partial charge in [-0.15, -0.1) is 6.58 Å². The highest BCUT2D eigenvalue weighted by atomic mass is 16.5. The summed E-state index contributed by atoms with van der Waals surface area (Å²) < 4.78 is 5.45. The minimum atomic E-state index is -1.17. The summed E-state index contributed by atoms with van der Waals surface area (Å²) in [5, 5.41) is 5.51. The number of hydrogen-bond acceptors (Lipinski definition) is 7. The quantitative estimate of drug-likeness (QED) is 0.364. The van der Waals surface area contributed by atoms with Gasteiger partial charge in [0.25, 0.3) is 5.91 Å². The van der Waals surface area contributed by atoms with Gasteiger partial charge in [-0.25, -0.2) is 0 Å². The van der Waals surface area contributed by atoms with E-state index in [1.807, 2.05) is 27.7 Å². The minimum Gasteiger partial charge on any atom is -0.452 e. The lowest BCUT2D eigenvalue weighted by atomic mass is 9.94. The van der Waals surface area contributed by atoms with E-state index in [4.69, 9.17) is 4.74 Å². The predicted molar refractivity (Wildman–Crippen MR) is 152 cm³/mol. The van der Waals surface area contributed by atoms with Crippen LogP contribution in [0.4, 0.5) is 0 Å². The average molecular weight is 578 g/mol. The Kier molecular flexibility index (Phi) is 12.3. The Bertz CT molecular complexity index is 1020. The molecule has 0 saturated carbocycles. The largest absolute Gasteiger partial charge is 0.452 e. The highest BCUT2D eigenvalue weighted by Crippen LogP contribution is 2.23. The number of rotatable bonds is 5. The summed E-state index contributed by atoms with van der Waals surface area (Å²) in [5.41, 5.74) is 0. The molecule has 2 aliphatic rings. The third-order valence-corrected chi connectivity index (χ3v) is 8.13. The van der Waals surface area contributed by atoms with Crippen molar-refractivity contribution in [2.45, 2.75) is 97.0 Å². The monoisotopic (exact) mass is 577 g/mol. The molecule has 5 amide bonds. The van der Waals surface area contributed by atoms with E-state index in [1.165, 1.54) is 34.9 Å². The first-order chi connectivity index (χ1) is 19.3. The Labute approximate surface area is 243 Å². The van der Waals surface area contributed by atoms with Crippen LogP contribution in [0.2, 0.25) is 0 Å². The summed E-state index contributed by atoms with van der Waals surface area (Å²) in [7, 11) is 3.02. The molecule has 2 fully saturated rings. The van der Waals surface area contributed by atoms with Crippen molar-refractivity contribution in [3.05, 3.63) is 12.7 Å². The number of likely N-dealkylation sites (N-methyl/N-ethyl adjacent to an activating group) is 2. The van der Waals surface area contributed by atoms with Crippen molar-refractivity contribution in [2.75, 3.05) is 27.2 Å². The second kappa shape index (κ2) is 15.0. The lowest BCUT2D eigenvalue weighted by Crippen LogP contribution is -2.60. The van der Waals surface area contributed by atoms with E-state index in [2.05, 4.69) is 17.2 Å². The van der Waals surface area contributed by atoms with Gasteiger partial charge in [-0.1, -0.05) is 40.2 Å². The summed E-state index contributed by atoms with van der Waals surface area (Å²) in [6.45, 7) is 12.8. The van der Waals surface area contributed by atoms with E-state index in [-0.39, 0.29) is 31.2 Å². The lowest BCUT2D eigenvalue weighted by Gasteiger charge is -2.38. The number of cyclic esters (lactones) is 1. The van der Waals surface area contributed by atoms with Gasteiger partial charge in [-0.3, -0.25) is 28.8 Å². The number of carbonyl (C=O) groups is 6. The first-order valence-corrected chi connectivity index (χ1v) is 14.5. The second-order valence-corrected chi connectivity index (χ2v) is 11.4. The van der Waals surface area contributed by atoms with Gasteiger partial charge in [-0.05, 0) is 31.6 Å². The van der Waals surface area contributed by atoms with E-state index >= 15 is 0 Å². The Morgan fingerprint density at radius 3 is 2.24 bits per heavy atom. The summed E-state index contributed by atoms with van der Waals surface area (Å²) in [6.07, 6.45) is 1.70. The standard InChI is InChI=1S/C29H47N5O7/c1-9-12-21-27(38)34-16-11-13-20(34)26(37)31-23(18(5)10-2)28(39)33(8)24(17(3)4)29(40)32(7)19(6)25(36)30-15-14-22(35)41-21/h9,17-21,23-24H,1,10-16H2,2-8H3,(H,30,36)(H,31,37)/t18?,19-,20-,21?,23-,24-/m0/s1. The Hall–Kier alpha value is -3.44. The molecule has 2 N–H and O–H groups in total. The van der Waals surface area contributed by atoms with Gasteiger partial charge in [0.2, 0.25) is 23.6 Å². The molecule has 2 heterocycles. The molecule has 0 spiro atoms. The zero-order valence-corrected chi connectivity index (χ0v) is 25.5. The van der Waals surface area contributed by atoms with Crippen molar-refractivity contribution >= 4 is 35.5 Å². The highest BCUT2D eigenvalue weighted by molar-refractivity contribution is 5.96. The molecule has 2 rings (SSSR count). The topological polar surface area (TPSA) is 145 Å². The minimum absolute atomic E-state index is 0.0566. The first-order valence-electron chi connectivity index (χ1n) is 14.5. The zero-order chi connectivity index (χ0) is 31.0. The van der Waals surface area contributed by atoms with Crippen LogP contribution in [-0.2, 0) is 33.5 Å². The smallest absolute Gasteiger partial charge is 0.308 e. The summed E-state index contributed by atoms with van der Waals surface area (Å²) in [4.78, 5) is 84.0. The summed E-state index contributed by atoms with van der Waals surface area (Å²) >= 11 is 0. The normalized spacial score (nSPS) is 28.8. The third-order valence-electron chi connectivity index (χ3n) is 8.13. The summed E-state index contributed by atoms with van der Waals surface area (Å²) in [5.74, 6) is -3.58. The molecular weight excluding hydrogens is 530 g/mol. The van der Waals surface area contributed by atoms with Crippen molar-refractivity contribution in [1.29, 1.82) is 0 Å². The van der Waals surface area contributed by atoms with Crippen LogP contribution >= 0.6 is 0 Å². The summed E-state index contributed by atoms with van der Waals surface area (Å²) in [6, 6.07) is -3.57. The van der Waals surface area contributed by atoms with Crippen molar-refractivity contribution in [1.82, 2.24) is 25.3 Å². The van der Waals surface area contributed by atoms with E-state index in [9.17, 15) is 28.8 Å². The van der Waals surface area contributed by atoms with Crippen LogP contribution in [0.1, 0.15) is 66.7 Å². The molecule has 0 aromatic heterocycles. The maximum Gasteiger partial charge on any atom is 0.308 e. The molecule has 2 saturated heterocycles. The molecule has 230 valence electrons. The molecule has 0 aromatic rings. The highest BCUT2D eigenvalue weighted by Gasteiger charge is 2.42. The van der Waals surface area contributed by atoms with Gasteiger partial charge in [0.15, 0.2) is 6.10 Å². The van der Waals surface area contributed by atoms with E-state index in [1.54, 1.807) is 6.92 Å².